The lowest BCUT2D eigenvalue weighted by Crippen LogP contribution is -2.62. The van der Waals surface area contributed by atoms with Gasteiger partial charge in [-0.1, -0.05) is 88.4 Å². The van der Waals surface area contributed by atoms with Crippen LogP contribution >= 0.6 is 12.6 Å². The van der Waals surface area contributed by atoms with Crippen LogP contribution in [0.5, 0.6) is 5.75 Å². The van der Waals surface area contributed by atoms with Gasteiger partial charge in [-0.2, -0.15) is 12.6 Å². The largest absolute Gasteiger partial charge is 0.508 e. The summed E-state index contributed by atoms with van der Waals surface area (Å²) in [6.45, 7) is 2.43. The highest BCUT2D eigenvalue weighted by Gasteiger charge is 2.42. The van der Waals surface area contributed by atoms with Crippen LogP contribution in [0.4, 0.5) is 0 Å². The van der Waals surface area contributed by atoms with Crippen molar-refractivity contribution < 1.29 is 108 Å². The number of H-pyrrole nitrogens is 1. The number of para-hydroxylation sites is 1. The quantitative estimate of drug-likeness (QED) is 0.00845. The second-order valence-electron chi connectivity index (χ2n) is 29.7. The number of aliphatic hydroxyl groups excluding tert-OH is 4. The van der Waals surface area contributed by atoms with Crippen molar-refractivity contribution in [3.05, 3.63) is 102 Å². The van der Waals surface area contributed by atoms with E-state index in [0.29, 0.717) is 16.5 Å². The second kappa shape index (κ2) is 50.0. The number of amides is 13. The number of phenols is 1. The molecule has 30 N–H and O–H groups in total. The number of aromatic nitrogens is 1. The number of carbonyl (C=O) groups is 15. The summed E-state index contributed by atoms with van der Waals surface area (Å²) in [6, 6.07) is -2.21. The lowest BCUT2D eigenvalue weighted by molar-refractivity contribution is -0.142. The van der Waals surface area contributed by atoms with Crippen molar-refractivity contribution in [3.63, 3.8) is 0 Å². The first-order valence-corrected chi connectivity index (χ1v) is 39.8. The fourth-order valence-corrected chi connectivity index (χ4v) is 13.1. The Balaban J connectivity index is 1.31. The normalized spacial score (nSPS) is 15.7. The summed E-state index contributed by atoms with van der Waals surface area (Å²) < 4.78 is 0. The first kappa shape index (κ1) is 99.3. The first-order chi connectivity index (χ1) is 57.4. The Labute approximate surface area is 701 Å². The van der Waals surface area contributed by atoms with Crippen molar-refractivity contribution in [2.75, 3.05) is 51.8 Å². The van der Waals surface area contributed by atoms with Crippen LogP contribution in [0, 0.1) is 22.7 Å². The maximum Gasteiger partial charge on any atom is 0.326 e. The van der Waals surface area contributed by atoms with Crippen LogP contribution in [0.1, 0.15) is 102 Å². The molecule has 1 fully saturated rings. The minimum Gasteiger partial charge on any atom is -0.508 e. The Kier molecular flexibility index (Phi) is 41.0. The number of nitrogens with two attached hydrogens (primary N) is 3. The third kappa shape index (κ3) is 32.8. The van der Waals surface area contributed by atoms with Gasteiger partial charge in [0.2, 0.25) is 76.8 Å². The number of aromatic amines is 1. The molecule has 3 aromatic carbocycles. The van der Waals surface area contributed by atoms with Crippen molar-refractivity contribution in [1.29, 1.82) is 10.8 Å². The van der Waals surface area contributed by atoms with Crippen LogP contribution in [-0.2, 0) is 91.2 Å². The van der Waals surface area contributed by atoms with Crippen LogP contribution in [0.25, 0.3) is 10.9 Å². The molecule has 0 radical (unpaired) electrons. The number of fused-ring (bicyclic) bond motifs is 1. The van der Waals surface area contributed by atoms with E-state index in [2.05, 4.69) is 92.0 Å². The van der Waals surface area contributed by atoms with Crippen molar-refractivity contribution in [2.45, 2.75) is 189 Å². The van der Waals surface area contributed by atoms with Crippen molar-refractivity contribution in [2.24, 2.45) is 29.0 Å². The van der Waals surface area contributed by atoms with Crippen LogP contribution < -0.4 is 91.6 Å². The summed E-state index contributed by atoms with van der Waals surface area (Å²) in [7, 11) is 0. The predicted molar refractivity (Wildman–Crippen MR) is 439 cm³/mol. The standard InChI is InChI=1S/C77H113N21O22S/c1-39(2)27-50(89-70(114)58(37-102)96-73(117)60-19-12-26-98(60)74(118)59(38-121)97-72(116)55(34-99)93-62(106)46(78)29-41-13-6-5-7-14-41)64(108)88-51(28-40(3)4)65(109)94-57(36-101)71(115)95-56(35-100)69(113)91-53(31-43-33-85-47-16-9-8-15-45(43)47)67(111)92-54(32-61(104)105)68(112)90-52(30-42-20-22-44(103)23-21-42)66(110)86-48(17-10-24-83-76(79)80)63(107)87-49(75(119)120)18-11-25-84-77(81)82/h5-9,13-16,20-23,33,39-40,46,48-60,85,99-103,121H,10-12,17-19,24-32,34-38,78H2,1-4H3,(H,86,110)(H,87,107)(H,88,108)(H,89,114)(H,90,112)(H,91,113)(H,92,111)(H,93,106)(H,94,109)(H,95,115)(H,96,117)(H,97,116)(H,104,105)(H,119,120)(H4,79,80,83)(H4,81,82,84)/t46-,48-,49-,50-,51-,52-,53-,54-,55-,56-,57-,58-,59-,60-/m0/s1. The Morgan fingerprint density at radius 1 is 0.479 bits per heavy atom. The van der Waals surface area contributed by atoms with Gasteiger partial charge >= 0.3 is 11.9 Å². The number of guanidine groups is 2. The molecule has 13 amide bonds. The van der Waals surface area contributed by atoms with E-state index in [1.54, 1.807) is 82.3 Å². The SMILES string of the molecule is CC(C)C[C@H](NC(=O)[C@H](CC(C)C)NC(=O)[C@H](CO)NC(=O)[C@@H]1CCCN1C(=O)[C@H](CS)NC(=O)[C@H](CO)NC(=O)[C@@H](N)Cc1ccccc1)C(=O)N[C@@H](CO)C(=O)N[C@@H](CO)C(=O)N[C@@H](Cc1c[nH]c2ccccc12)C(=O)N[C@@H](CC(=O)O)C(=O)N[C@@H](Cc1ccc(O)cc1)C(=O)N[C@@H](CCCNC(=N)N)C(=O)N[C@@H](CCCNC(=N)N)C(=O)O. The number of hydrogen-bond donors (Lipinski definition) is 28. The number of hydrogen-bond acceptors (Lipinski definition) is 24. The molecule has 14 atom stereocenters. The molecule has 0 bridgehead atoms. The Bertz CT molecular complexity index is 4240. The van der Waals surface area contributed by atoms with Gasteiger partial charge in [0, 0.05) is 55.3 Å². The number of carbonyl (C=O) groups excluding carboxylic acids is 13. The van der Waals surface area contributed by atoms with Gasteiger partial charge in [0.1, 0.15) is 84.3 Å². The zero-order valence-electron chi connectivity index (χ0n) is 67.3. The minimum atomic E-state index is -2.10. The van der Waals surface area contributed by atoms with E-state index >= 15 is 0 Å². The molecule has 1 aromatic heterocycles. The molecule has 43 nitrogen and oxygen atoms in total. The second-order valence-corrected chi connectivity index (χ2v) is 30.1. The van der Waals surface area contributed by atoms with Crippen LogP contribution in [-0.4, -0.2) is 283 Å². The molecule has 1 aliphatic rings. The predicted octanol–water partition coefficient (Wildman–Crippen LogP) is -6.89. The molecule has 664 valence electrons. The molecule has 2 heterocycles. The van der Waals surface area contributed by atoms with Gasteiger partial charge in [-0.25, -0.2) is 4.79 Å². The number of aliphatic carboxylic acids is 2. The number of carboxylic acid groups (broad SMARTS) is 2. The summed E-state index contributed by atoms with van der Waals surface area (Å²) in [5.41, 5.74) is 18.7. The van der Waals surface area contributed by atoms with Gasteiger partial charge in [0.15, 0.2) is 11.9 Å². The zero-order valence-corrected chi connectivity index (χ0v) is 68.2. The van der Waals surface area contributed by atoms with E-state index in [-0.39, 0.29) is 106 Å². The monoisotopic (exact) mass is 1720 g/mol. The summed E-state index contributed by atoms with van der Waals surface area (Å²) in [4.78, 5) is 212. The van der Waals surface area contributed by atoms with Gasteiger partial charge in [0.05, 0.1) is 38.9 Å². The van der Waals surface area contributed by atoms with Gasteiger partial charge < -0.3 is 137 Å². The first-order valence-electron chi connectivity index (χ1n) is 39.1. The molecule has 4 aromatic rings. The average Bonchev–Trinajstić information content (AvgIpc) is 1.72. The maximum absolute atomic E-state index is 14.8. The lowest BCUT2D eigenvalue weighted by atomic mass is 9.99. The summed E-state index contributed by atoms with van der Waals surface area (Å²) in [5, 5.41) is 122. The highest BCUT2D eigenvalue weighted by Crippen LogP contribution is 2.23. The molecule has 1 aliphatic heterocycles. The number of phenolic OH excluding ortho intramolecular Hbond substituents is 1. The molecular formula is C77H113N21O22S. The Morgan fingerprint density at radius 3 is 1.36 bits per heavy atom. The van der Waals surface area contributed by atoms with E-state index in [0.717, 1.165) is 10.5 Å². The molecule has 44 heteroatoms. The number of thiol groups is 1. The highest BCUT2D eigenvalue weighted by molar-refractivity contribution is 7.80. The smallest absolute Gasteiger partial charge is 0.326 e. The van der Waals surface area contributed by atoms with Gasteiger partial charge in [0.25, 0.3) is 0 Å². The zero-order chi connectivity index (χ0) is 89.7. The number of rotatable bonds is 51. The highest BCUT2D eigenvalue weighted by atomic mass is 32.1. The number of aromatic hydroxyl groups is 1. The fraction of sp³-hybridized carbons (Fsp3) is 0.519. The average molecular weight is 1720 g/mol. The number of likely N-dealkylation sites (tertiary alicyclic amines) is 1. The number of nitrogens with one attached hydrogen (secondary N) is 17. The van der Waals surface area contributed by atoms with Crippen molar-refractivity contribution in [1.82, 2.24) is 84.3 Å². The summed E-state index contributed by atoms with van der Waals surface area (Å²) in [5.74, 6) is -19.1. The number of benzene rings is 3. The maximum atomic E-state index is 14.8. The topological polar surface area (TPSA) is 711 Å². The molecule has 0 saturated carbocycles. The van der Waals surface area contributed by atoms with E-state index < -0.39 is 231 Å². The van der Waals surface area contributed by atoms with Crippen LogP contribution in [0.2, 0.25) is 0 Å². The molecule has 0 unspecified atom stereocenters. The van der Waals surface area contributed by atoms with E-state index in [1.807, 2.05) is 0 Å². The van der Waals surface area contributed by atoms with Gasteiger partial charge in [-0.3, -0.25) is 77.9 Å². The lowest BCUT2D eigenvalue weighted by Gasteiger charge is -2.30. The molecule has 1 saturated heterocycles. The van der Waals surface area contributed by atoms with Crippen LogP contribution in [0.3, 0.4) is 0 Å². The molecular weight excluding hydrogens is 1600 g/mol. The fourth-order valence-electron chi connectivity index (χ4n) is 12.9. The molecule has 0 aliphatic carbocycles. The third-order valence-corrected chi connectivity index (χ3v) is 19.5. The number of aliphatic hydroxyl groups is 4. The van der Waals surface area contributed by atoms with E-state index in [4.69, 9.17) is 28.0 Å². The van der Waals surface area contributed by atoms with E-state index in [9.17, 15) is 108 Å². The summed E-state index contributed by atoms with van der Waals surface area (Å²) in [6.07, 6.45) is -0.707. The molecule has 121 heavy (non-hydrogen) atoms. The number of carboxylic acids is 2. The summed E-state index contributed by atoms with van der Waals surface area (Å²) >= 11 is 4.24. The van der Waals surface area contributed by atoms with E-state index in [1.165, 1.54) is 30.5 Å². The molecule has 5 rings (SSSR count). The Hall–Kier alpha value is -12.3. The van der Waals surface area contributed by atoms with Gasteiger partial charge in [-0.15, -0.1) is 0 Å². The van der Waals surface area contributed by atoms with Crippen molar-refractivity contribution >= 4 is 124 Å². The van der Waals surface area contributed by atoms with Crippen molar-refractivity contribution in [3.8, 4) is 5.75 Å². The Morgan fingerprint density at radius 2 is 0.876 bits per heavy atom. The number of nitrogens with zero attached hydrogens (tertiary/aromatic N) is 1. The minimum absolute atomic E-state index is 0.00463. The van der Waals surface area contributed by atoms with Crippen LogP contribution in [0.15, 0.2) is 85.1 Å². The third-order valence-electron chi connectivity index (χ3n) is 19.2. The molecule has 0 spiro atoms. The van der Waals surface area contributed by atoms with Gasteiger partial charge in [-0.05, 0) is 105 Å².